The van der Waals surface area contributed by atoms with Crippen molar-refractivity contribution in [3.63, 3.8) is 0 Å². The molecule has 0 atom stereocenters. The predicted molar refractivity (Wildman–Crippen MR) is 136 cm³/mol. The number of benzene rings is 2. The van der Waals surface area contributed by atoms with E-state index in [1.165, 1.54) is 12.1 Å². The maximum absolute atomic E-state index is 14.1. The van der Waals surface area contributed by atoms with E-state index in [1.807, 2.05) is 37.3 Å². The number of hydrogen-bond acceptors (Lipinski definition) is 3. The Morgan fingerprint density at radius 3 is 2.57 bits per heavy atom. The monoisotopic (exact) mass is 495 g/mol. The molecule has 182 valence electrons. The molecule has 2 aromatic carbocycles. The molecule has 8 heteroatoms. The summed E-state index contributed by atoms with van der Waals surface area (Å²) in [6.45, 7) is 1.76. The molecule has 1 aliphatic rings. The number of carbonyl (C=O) groups excluding carboxylic acids is 1. The largest absolute Gasteiger partial charge is 0.480 e. The van der Waals surface area contributed by atoms with Gasteiger partial charge in [0, 0.05) is 28.0 Å². The van der Waals surface area contributed by atoms with E-state index in [1.54, 1.807) is 16.7 Å². The van der Waals surface area contributed by atoms with Crippen LogP contribution in [0, 0.1) is 12.7 Å². The lowest BCUT2D eigenvalue weighted by Crippen LogP contribution is -2.37. The van der Waals surface area contributed by atoms with Crippen molar-refractivity contribution in [3.05, 3.63) is 77.4 Å². The summed E-state index contributed by atoms with van der Waals surface area (Å²) < 4.78 is 15.8. The summed E-state index contributed by atoms with van der Waals surface area (Å²) in [6.07, 6.45) is 3.26. The third-order valence-corrected chi connectivity index (χ3v) is 6.93. The third-order valence-electron chi connectivity index (χ3n) is 6.93. The van der Waals surface area contributed by atoms with Gasteiger partial charge in [0.15, 0.2) is 0 Å². The molecule has 35 heavy (non-hydrogen) atoms. The molecule has 1 saturated carbocycles. The van der Waals surface area contributed by atoms with Crippen LogP contribution in [0.5, 0.6) is 0 Å². The number of carboxylic acid groups (broad SMARTS) is 1. The Morgan fingerprint density at radius 2 is 1.83 bits per heavy atom. The molecule has 2 N–H and O–H groups in total. The van der Waals surface area contributed by atoms with Crippen LogP contribution in [0.3, 0.4) is 0 Å². The molecule has 0 radical (unpaired) electrons. The molecule has 0 unspecified atom stereocenters. The van der Waals surface area contributed by atoms with Gasteiger partial charge in [-0.25, -0.2) is 9.37 Å². The number of nitrogens with zero attached hydrogens (tertiary/aromatic N) is 2. The van der Waals surface area contributed by atoms with Gasteiger partial charge in [-0.3, -0.25) is 9.59 Å². The van der Waals surface area contributed by atoms with Crippen molar-refractivity contribution in [2.75, 3.05) is 0 Å². The summed E-state index contributed by atoms with van der Waals surface area (Å²) in [5.74, 6) is -1.24. The van der Waals surface area contributed by atoms with Crippen LogP contribution in [0.2, 0.25) is 0 Å². The maximum atomic E-state index is 14.1. The average Bonchev–Trinajstić information content (AvgIpc) is 3.09. The van der Waals surface area contributed by atoms with Gasteiger partial charge in [-0.15, -0.1) is 12.4 Å². The van der Waals surface area contributed by atoms with Crippen molar-refractivity contribution in [3.8, 4) is 0 Å². The van der Waals surface area contributed by atoms with E-state index < -0.39 is 5.97 Å². The van der Waals surface area contributed by atoms with Gasteiger partial charge in [-0.05, 0) is 74.4 Å². The normalized spacial score (nSPS) is 17.8. The van der Waals surface area contributed by atoms with E-state index in [4.69, 9.17) is 0 Å². The van der Waals surface area contributed by atoms with Gasteiger partial charge in [-0.2, -0.15) is 0 Å². The maximum Gasteiger partial charge on any atom is 0.323 e. The average molecular weight is 496 g/mol. The van der Waals surface area contributed by atoms with Crippen molar-refractivity contribution in [2.45, 2.75) is 51.1 Å². The number of carboxylic acids is 1. The lowest BCUT2D eigenvalue weighted by atomic mass is 9.80. The first-order valence-corrected chi connectivity index (χ1v) is 11.6. The number of rotatable bonds is 5. The minimum atomic E-state index is -0.926. The molecular weight excluding hydrogens is 469 g/mol. The van der Waals surface area contributed by atoms with Crippen LogP contribution in [-0.4, -0.2) is 32.6 Å². The molecule has 0 bridgehead atoms. The topological polar surface area (TPSA) is 84.2 Å². The molecule has 6 nitrogen and oxygen atoms in total. The Labute approximate surface area is 208 Å². The van der Waals surface area contributed by atoms with Gasteiger partial charge in [0.05, 0.1) is 5.52 Å². The molecule has 1 fully saturated rings. The second-order valence-electron chi connectivity index (χ2n) is 9.05. The number of pyridine rings is 1. The summed E-state index contributed by atoms with van der Waals surface area (Å²) in [4.78, 5) is 28.7. The van der Waals surface area contributed by atoms with Crippen LogP contribution in [-0.2, 0) is 11.3 Å². The number of carbonyl (C=O) groups is 2. The summed E-state index contributed by atoms with van der Waals surface area (Å²) in [7, 11) is 0. The number of fused-ring (bicyclic) bond motifs is 2. The summed E-state index contributed by atoms with van der Waals surface area (Å²) >= 11 is 0. The minimum absolute atomic E-state index is 0. The first-order chi connectivity index (χ1) is 16.4. The van der Waals surface area contributed by atoms with Crippen LogP contribution in [0.25, 0.3) is 21.8 Å². The van der Waals surface area contributed by atoms with E-state index in [2.05, 4.69) is 10.3 Å². The Kier molecular flexibility index (Phi) is 7.08. The van der Waals surface area contributed by atoms with Crippen LogP contribution in [0.1, 0.15) is 53.3 Å². The van der Waals surface area contributed by atoms with E-state index in [9.17, 15) is 19.1 Å². The highest BCUT2D eigenvalue weighted by atomic mass is 35.5. The number of amides is 1. The first kappa shape index (κ1) is 24.7. The predicted octanol–water partition coefficient (Wildman–Crippen LogP) is 5.60. The van der Waals surface area contributed by atoms with Crippen LogP contribution >= 0.6 is 12.4 Å². The van der Waals surface area contributed by atoms with Crippen LogP contribution < -0.4 is 5.32 Å². The van der Waals surface area contributed by atoms with Crippen molar-refractivity contribution in [1.82, 2.24) is 14.9 Å². The first-order valence-electron chi connectivity index (χ1n) is 11.6. The van der Waals surface area contributed by atoms with Gasteiger partial charge >= 0.3 is 5.97 Å². The summed E-state index contributed by atoms with van der Waals surface area (Å²) in [5.41, 5.74) is 3.84. The van der Waals surface area contributed by atoms with Crippen LogP contribution in [0.4, 0.5) is 4.39 Å². The Bertz CT molecular complexity index is 1410. The van der Waals surface area contributed by atoms with Crippen LogP contribution in [0.15, 0.2) is 54.6 Å². The smallest absolute Gasteiger partial charge is 0.323 e. The molecule has 4 aromatic rings. The van der Waals surface area contributed by atoms with E-state index in [0.717, 1.165) is 58.7 Å². The second-order valence-corrected chi connectivity index (χ2v) is 9.05. The third kappa shape index (κ3) is 4.86. The summed E-state index contributed by atoms with van der Waals surface area (Å²) in [5, 5.41) is 14.3. The minimum Gasteiger partial charge on any atom is -0.480 e. The molecule has 0 spiro atoms. The van der Waals surface area contributed by atoms with Gasteiger partial charge in [-0.1, -0.05) is 24.3 Å². The molecule has 5 rings (SSSR count). The van der Waals surface area contributed by atoms with Gasteiger partial charge in [0.1, 0.15) is 18.1 Å². The Balaban J connectivity index is 0.00000289. The van der Waals surface area contributed by atoms with Crippen molar-refractivity contribution >= 4 is 46.1 Å². The molecule has 1 amide bonds. The second kappa shape index (κ2) is 10.0. The SMILES string of the molecule is Cc1c(C2CCC(NC(=O)c3ccc4ccccc4n3)CC2)c2cc(F)ccc2n1CC(=O)O.Cl. The lowest BCUT2D eigenvalue weighted by molar-refractivity contribution is -0.137. The lowest BCUT2D eigenvalue weighted by Gasteiger charge is -2.29. The fourth-order valence-corrected chi connectivity index (χ4v) is 5.31. The van der Waals surface area contributed by atoms with Gasteiger partial charge < -0.3 is 15.0 Å². The van der Waals surface area contributed by atoms with Crippen molar-refractivity contribution < 1.29 is 19.1 Å². The quantitative estimate of drug-likeness (QED) is 0.377. The zero-order chi connectivity index (χ0) is 23.8. The Morgan fingerprint density at radius 1 is 1.09 bits per heavy atom. The molecule has 2 aromatic heterocycles. The zero-order valence-electron chi connectivity index (χ0n) is 19.3. The standard InChI is InChI=1S/C27H26FN3O3.ClH/c1-16-26(21-14-19(28)9-13-24(21)31(16)15-25(32)33)18-6-10-20(11-7-18)29-27(34)23-12-8-17-4-2-3-5-22(17)30-23;/h2-5,8-9,12-14,18,20H,6-7,10-11,15H2,1H3,(H,29,34)(H,32,33);1H. The molecular formula is C27H27ClFN3O3. The summed E-state index contributed by atoms with van der Waals surface area (Å²) in [6, 6.07) is 15.9. The highest BCUT2D eigenvalue weighted by Gasteiger charge is 2.28. The fourth-order valence-electron chi connectivity index (χ4n) is 5.31. The fraction of sp³-hybridized carbons (Fsp3) is 0.296. The van der Waals surface area contributed by atoms with E-state index in [-0.39, 0.29) is 42.6 Å². The number of halogens is 2. The molecule has 0 saturated heterocycles. The molecule has 2 heterocycles. The number of para-hydroxylation sites is 1. The highest BCUT2D eigenvalue weighted by molar-refractivity contribution is 5.95. The van der Waals surface area contributed by atoms with Gasteiger partial charge in [0.25, 0.3) is 5.91 Å². The van der Waals surface area contributed by atoms with E-state index >= 15 is 0 Å². The number of aromatic nitrogens is 2. The zero-order valence-corrected chi connectivity index (χ0v) is 20.1. The molecule has 1 aliphatic carbocycles. The number of aliphatic carboxylic acids is 1. The van der Waals surface area contributed by atoms with E-state index in [0.29, 0.717) is 5.69 Å². The number of hydrogen-bond donors (Lipinski definition) is 2. The Hall–Kier alpha value is -3.45. The number of nitrogens with one attached hydrogen (secondary N) is 1. The van der Waals surface area contributed by atoms with Crippen molar-refractivity contribution in [2.24, 2.45) is 0 Å². The highest BCUT2D eigenvalue weighted by Crippen LogP contribution is 2.40. The van der Waals surface area contributed by atoms with Gasteiger partial charge in [0.2, 0.25) is 0 Å². The molecule has 0 aliphatic heterocycles. The van der Waals surface area contributed by atoms with Crippen molar-refractivity contribution in [1.29, 1.82) is 0 Å².